The molecule has 0 fully saturated rings. The van der Waals surface area contributed by atoms with Gasteiger partial charge in [0, 0.05) is 45.0 Å². The van der Waals surface area contributed by atoms with E-state index in [1.165, 1.54) is 0 Å². The van der Waals surface area contributed by atoms with E-state index in [2.05, 4.69) is 21.0 Å². The molecule has 3 amide bonds. The molecule has 0 radical (unpaired) electrons. The van der Waals surface area contributed by atoms with Crippen LogP contribution in [0.3, 0.4) is 0 Å². The zero-order chi connectivity index (χ0) is 15.5. The van der Waals surface area contributed by atoms with Crippen LogP contribution in [-0.4, -0.2) is 41.4 Å². The first-order chi connectivity index (χ1) is 10.1. The van der Waals surface area contributed by atoms with Crippen LogP contribution in [0.2, 0.25) is 0 Å². The SMILES string of the molecule is CCCNC(=O)CCNC(=O)NCC(C)Cn1cccn1. The Hall–Kier alpha value is -2.05. The number of urea groups is 1. The Balaban J connectivity index is 2.06. The van der Waals surface area contributed by atoms with Crippen molar-refractivity contribution in [3.8, 4) is 0 Å². The molecule has 1 heterocycles. The topological polar surface area (TPSA) is 88.0 Å². The molecule has 3 N–H and O–H groups in total. The van der Waals surface area contributed by atoms with E-state index in [-0.39, 0.29) is 17.9 Å². The second-order valence-corrected chi connectivity index (χ2v) is 5.07. The summed E-state index contributed by atoms with van der Waals surface area (Å²) in [6, 6.07) is 1.63. The summed E-state index contributed by atoms with van der Waals surface area (Å²) in [5.74, 6) is 0.243. The van der Waals surface area contributed by atoms with Gasteiger partial charge in [-0.25, -0.2) is 4.79 Å². The van der Waals surface area contributed by atoms with E-state index in [4.69, 9.17) is 0 Å². The quantitative estimate of drug-likeness (QED) is 0.627. The van der Waals surface area contributed by atoms with Crippen LogP contribution in [-0.2, 0) is 11.3 Å². The van der Waals surface area contributed by atoms with Crippen LogP contribution in [0, 0.1) is 5.92 Å². The van der Waals surface area contributed by atoms with Crippen molar-refractivity contribution >= 4 is 11.9 Å². The lowest BCUT2D eigenvalue weighted by atomic mass is 10.2. The molecule has 0 aromatic carbocycles. The lowest BCUT2D eigenvalue weighted by Crippen LogP contribution is -2.40. The zero-order valence-corrected chi connectivity index (χ0v) is 12.8. The summed E-state index contributed by atoms with van der Waals surface area (Å²) in [4.78, 5) is 22.9. The molecule has 0 bridgehead atoms. The Labute approximate surface area is 125 Å². The number of amides is 3. The van der Waals surface area contributed by atoms with Crippen molar-refractivity contribution in [1.82, 2.24) is 25.7 Å². The van der Waals surface area contributed by atoms with Gasteiger partial charge in [0.15, 0.2) is 0 Å². The molecule has 1 rings (SSSR count). The van der Waals surface area contributed by atoms with Gasteiger partial charge >= 0.3 is 6.03 Å². The number of aromatic nitrogens is 2. The van der Waals surface area contributed by atoms with Gasteiger partial charge < -0.3 is 16.0 Å². The van der Waals surface area contributed by atoms with Crippen LogP contribution < -0.4 is 16.0 Å². The minimum Gasteiger partial charge on any atom is -0.356 e. The van der Waals surface area contributed by atoms with E-state index < -0.39 is 0 Å². The third kappa shape index (κ3) is 7.96. The second-order valence-electron chi connectivity index (χ2n) is 5.07. The molecule has 1 unspecified atom stereocenters. The van der Waals surface area contributed by atoms with Crippen molar-refractivity contribution in [3.63, 3.8) is 0 Å². The molecule has 21 heavy (non-hydrogen) atoms. The highest BCUT2D eigenvalue weighted by Crippen LogP contribution is 1.97. The second kappa shape index (κ2) is 9.79. The van der Waals surface area contributed by atoms with Gasteiger partial charge in [-0.2, -0.15) is 5.10 Å². The number of nitrogens with one attached hydrogen (secondary N) is 3. The molecule has 0 aliphatic heterocycles. The average molecular weight is 295 g/mol. The van der Waals surface area contributed by atoms with Gasteiger partial charge in [-0.1, -0.05) is 13.8 Å². The third-order valence-electron chi connectivity index (χ3n) is 2.88. The minimum atomic E-state index is -0.245. The molecule has 0 aliphatic rings. The number of hydrogen-bond donors (Lipinski definition) is 3. The van der Waals surface area contributed by atoms with Gasteiger partial charge in [-0.15, -0.1) is 0 Å². The molecule has 0 saturated heterocycles. The predicted molar refractivity (Wildman–Crippen MR) is 80.7 cm³/mol. The van der Waals surface area contributed by atoms with Crippen molar-refractivity contribution in [2.24, 2.45) is 5.92 Å². The van der Waals surface area contributed by atoms with Crippen LogP contribution in [0.25, 0.3) is 0 Å². The van der Waals surface area contributed by atoms with Crippen molar-refractivity contribution in [3.05, 3.63) is 18.5 Å². The van der Waals surface area contributed by atoms with Crippen LogP contribution in [0.15, 0.2) is 18.5 Å². The van der Waals surface area contributed by atoms with Crippen molar-refractivity contribution in [2.45, 2.75) is 33.2 Å². The summed E-state index contributed by atoms with van der Waals surface area (Å²) in [5.41, 5.74) is 0. The molecule has 0 aliphatic carbocycles. The predicted octanol–water partition coefficient (Wildman–Crippen LogP) is 0.735. The highest BCUT2D eigenvalue weighted by molar-refractivity contribution is 5.78. The fourth-order valence-corrected chi connectivity index (χ4v) is 1.76. The summed E-state index contributed by atoms with van der Waals surface area (Å²) in [5, 5.41) is 12.3. The van der Waals surface area contributed by atoms with Crippen LogP contribution >= 0.6 is 0 Å². The Bertz CT molecular complexity index is 419. The van der Waals surface area contributed by atoms with Gasteiger partial charge in [0.25, 0.3) is 0 Å². The fraction of sp³-hybridized carbons (Fsp3) is 0.643. The Morgan fingerprint density at radius 2 is 2.05 bits per heavy atom. The molecule has 1 aromatic heterocycles. The first kappa shape index (κ1) is 17.0. The van der Waals surface area contributed by atoms with E-state index in [0.29, 0.717) is 26.1 Å². The Morgan fingerprint density at radius 3 is 2.71 bits per heavy atom. The summed E-state index contributed by atoms with van der Waals surface area (Å²) < 4.78 is 1.84. The van der Waals surface area contributed by atoms with Gasteiger partial charge in [0.1, 0.15) is 0 Å². The first-order valence-electron chi connectivity index (χ1n) is 7.37. The van der Waals surface area contributed by atoms with E-state index in [1.54, 1.807) is 6.20 Å². The normalized spacial score (nSPS) is 11.7. The minimum absolute atomic E-state index is 0.0378. The molecular weight excluding hydrogens is 270 g/mol. The summed E-state index contributed by atoms with van der Waals surface area (Å²) in [7, 11) is 0. The standard InChI is InChI=1S/C14H25N5O2/c1-3-6-15-13(20)5-8-16-14(21)17-10-12(2)11-19-9-4-7-18-19/h4,7,9,12H,3,5-6,8,10-11H2,1-2H3,(H,15,20)(H2,16,17,21). The number of rotatable bonds is 9. The molecule has 0 saturated carbocycles. The maximum Gasteiger partial charge on any atom is 0.314 e. The van der Waals surface area contributed by atoms with Crippen molar-refractivity contribution in [2.75, 3.05) is 19.6 Å². The van der Waals surface area contributed by atoms with E-state index in [1.807, 2.05) is 30.8 Å². The smallest absolute Gasteiger partial charge is 0.314 e. The molecule has 0 spiro atoms. The van der Waals surface area contributed by atoms with Crippen LogP contribution in [0.4, 0.5) is 4.79 Å². The van der Waals surface area contributed by atoms with Crippen LogP contribution in [0.1, 0.15) is 26.7 Å². The molecule has 7 heteroatoms. The van der Waals surface area contributed by atoms with Crippen molar-refractivity contribution < 1.29 is 9.59 Å². The Morgan fingerprint density at radius 1 is 1.24 bits per heavy atom. The molecule has 1 atom stereocenters. The zero-order valence-electron chi connectivity index (χ0n) is 12.8. The maximum atomic E-state index is 11.6. The van der Waals surface area contributed by atoms with E-state index in [0.717, 1.165) is 13.0 Å². The third-order valence-corrected chi connectivity index (χ3v) is 2.88. The molecular formula is C14H25N5O2. The first-order valence-corrected chi connectivity index (χ1v) is 7.37. The molecule has 118 valence electrons. The van der Waals surface area contributed by atoms with E-state index in [9.17, 15) is 9.59 Å². The van der Waals surface area contributed by atoms with E-state index >= 15 is 0 Å². The Kier molecular flexibility index (Phi) is 7.93. The number of hydrogen-bond acceptors (Lipinski definition) is 3. The lowest BCUT2D eigenvalue weighted by Gasteiger charge is -2.13. The molecule has 7 nitrogen and oxygen atoms in total. The largest absolute Gasteiger partial charge is 0.356 e. The molecule has 1 aromatic rings. The number of nitrogens with zero attached hydrogens (tertiary/aromatic N) is 2. The lowest BCUT2D eigenvalue weighted by molar-refractivity contribution is -0.120. The van der Waals surface area contributed by atoms with Gasteiger partial charge in [0.05, 0.1) is 0 Å². The van der Waals surface area contributed by atoms with Gasteiger partial charge in [-0.3, -0.25) is 9.48 Å². The average Bonchev–Trinajstić information content (AvgIpc) is 2.95. The summed E-state index contributed by atoms with van der Waals surface area (Å²) in [6.07, 6.45) is 4.84. The van der Waals surface area contributed by atoms with Crippen molar-refractivity contribution in [1.29, 1.82) is 0 Å². The number of carbonyl (C=O) groups excluding carboxylic acids is 2. The fourth-order valence-electron chi connectivity index (χ4n) is 1.76. The van der Waals surface area contributed by atoms with Gasteiger partial charge in [-0.05, 0) is 18.4 Å². The maximum absolute atomic E-state index is 11.6. The summed E-state index contributed by atoms with van der Waals surface area (Å²) >= 11 is 0. The summed E-state index contributed by atoms with van der Waals surface area (Å²) in [6.45, 7) is 6.38. The highest BCUT2D eigenvalue weighted by Gasteiger charge is 2.07. The monoisotopic (exact) mass is 295 g/mol. The highest BCUT2D eigenvalue weighted by atomic mass is 16.2. The van der Waals surface area contributed by atoms with Gasteiger partial charge in [0.2, 0.25) is 5.91 Å². The van der Waals surface area contributed by atoms with Crippen LogP contribution in [0.5, 0.6) is 0 Å². The number of carbonyl (C=O) groups is 2.